The van der Waals surface area contributed by atoms with Crippen molar-refractivity contribution in [1.29, 1.82) is 0 Å². The molecule has 1 atom stereocenters. The fourth-order valence-corrected chi connectivity index (χ4v) is 1.83. The third-order valence-electron chi connectivity index (χ3n) is 2.59. The van der Waals surface area contributed by atoms with Crippen LogP contribution in [0, 0.1) is 0 Å². The molecule has 1 unspecified atom stereocenters. The number of nitrogens with zero attached hydrogens (tertiary/aromatic N) is 1. The number of para-hydroxylation sites is 2. The zero-order valence-corrected chi connectivity index (χ0v) is 10.8. The van der Waals surface area contributed by atoms with Gasteiger partial charge in [0, 0.05) is 11.4 Å². The van der Waals surface area contributed by atoms with E-state index < -0.39 is 5.38 Å². The van der Waals surface area contributed by atoms with Gasteiger partial charge in [0.25, 0.3) is 0 Å². The van der Waals surface area contributed by atoms with Gasteiger partial charge in [-0.05, 0) is 31.2 Å². The fraction of sp³-hybridized carbons (Fsp3) is 0.133. The largest absolute Gasteiger partial charge is 0.280 e. The Morgan fingerprint density at radius 2 is 1.33 bits per heavy atom. The number of alkyl halides is 1. The fourth-order valence-electron chi connectivity index (χ4n) is 1.74. The highest BCUT2D eigenvalue weighted by molar-refractivity contribution is 6.33. The molecule has 0 bridgehead atoms. The molecule has 18 heavy (non-hydrogen) atoms. The van der Waals surface area contributed by atoms with Crippen LogP contribution in [0.25, 0.3) is 0 Å². The van der Waals surface area contributed by atoms with Crippen LogP contribution in [-0.4, -0.2) is 11.3 Å². The number of carbonyl (C=O) groups excluding carboxylic acids is 1. The highest BCUT2D eigenvalue weighted by Crippen LogP contribution is 2.26. The van der Waals surface area contributed by atoms with Gasteiger partial charge in [-0.3, -0.25) is 9.69 Å². The number of halogens is 1. The van der Waals surface area contributed by atoms with Crippen LogP contribution in [0.4, 0.5) is 11.4 Å². The predicted octanol–water partition coefficient (Wildman–Crippen LogP) is 3.98. The highest BCUT2D eigenvalue weighted by atomic mass is 35.5. The van der Waals surface area contributed by atoms with Crippen LogP contribution in [0.1, 0.15) is 6.92 Å². The van der Waals surface area contributed by atoms with Gasteiger partial charge in [0.2, 0.25) is 5.91 Å². The zero-order chi connectivity index (χ0) is 13.0. The first-order chi connectivity index (χ1) is 8.70. The van der Waals surface area contributed by atoms with E-state index in [9.17, 15) is 4.79 Å². The van der Waals surface area contributed by atoms with E-state index in [1.165, 1.54) is 0 Å². The van der Waals surface area contributed by atoms with E-state index in [0.717, 1.165) is 11.4 Å². The molecule has 0 heterocycles. The summed E-state index contributed by atoms with van der Waals surface area (Å²) in [7, 11) is 0. The molecule has 0 aliphatic carbocycles. The molecule has 92 valence electrons. The summed E-state index contributed by atoms with van der Waals surface area (Å²) in [4.78, 5) is 13.9. The van der Waals surface area contributed by atoms with Gasteiger partial charge >= 0.3 is 0 Å². The molecule has 0 fully saturated rings. The van der Waals surface area contributed by atoms with Crippen molar-refractivity contribution in [2.24, 2.45) is 0 Å². The molecule has 0 aliphatic heterocycles. The zero-order valence-electron chi connectivity index (χ0n) is 10.1. The van der Waals surface area contributed by atoms with Crippen molar-refractivity contribution < 1.29 is 4.79 Å². The van der Waals surface area contributed by atoms with Crippen molar-refractivity contribution in [1.82, 2.24) is 0 Å². The smallest absolute Gasteiger partial charge is 0.249 e. The number of hydrogen-bond donors (Lipinski definition) is 0. The number of anilines is 2. The number of hydrogen-bond acceptors (Lipinski definition) is 1. The molecule has 0 N–H and O–H groups in total. The maximum Gasteiger partial charge on any atom is 0.249 e. The summed E-state index contributed by atoms with van der Waals surface area (Å²) >= 11 is 5.93. The van der Waals surface area contributed by atoms with Crippen LogP contribution in [0.2, 0.25) is 0 Å². The molecule has 0 saturated carbocycles. The van der Waals surface area contributed by atoms with E-state index in [0.29, 0.717) is 0 Å². The van der Waals surface area contributed by atoms with Gasteiger partial charge in [-0.25, -0.2) is 0 Å². The summed E-state index contributed by atoms with van der Waals surface area (Å²) in [6.45, 7) is 1.68. The second-order valence-corrected chi connectivity index (χ2v) is 4.62. The summed E-state index contributed by atoms with van der Waals surface area (Å²) in [6.07, 6.45) is 0. The molecule has 2 rings (SSSR count). The van der Waals surface area contributed by atoms with Crippen molar-refractivity contribution in [2.45, 2.75) is 12.3 Å². The summed E-state index contributed by atoms with van der Waals surface area (Å²) in [5, 5.41) is -0.564. The number of amides is 1. The normalized spacial score (nSPS) is 11.9. The van der Waals surface area contributed by atoms with Crippen LogP contribution in [0.3, 0.4) is 0 Å². The Morgan fingerprint density at radius 1 is 0.944 bits per heavy atom. The number of benzene rings is 2. The summed E-state index contributed by atoms with van der Waals surface area (Å²) in [5.74, 6) is -0.130. The topological polar surface area (TPSA) is 20.3 Å². The molecule has 0 radical (unpaired) electrons. The quantitative estimate of drug-likeness (QED) is 0.764. The van der Waals surface area contributed by atoms with Gasteiger partial charge in [0.05, 0.1) is 0 Å². The molecule has 0 spiro atoms. The summed E-state index contributed by atoms with van der Waals surface area (Å²) < 4.78 is 0. The minimum atomic E-state index is -0.564. The lowest BCUT2D eigenvalue weighted by atomic mass is 10.2. The maximum atomic E-state index is 12.2. The van der Waals surface area contributed by atoms with Crippen molar-refractivity contribution >= 4 is 28.9 Å². The standard InChI is InChI=1S/C15H14ClNO/c1-12(16)15(18)17(13-8-4-2-5-9-13)14-10-6-3-7-11-14/h2-12H,1H3. The number of carbonyl (C=O) groups is 1. The van der Waals surface area contributed by atoms with Crippen LogP contribution < -0.4 is 4.90 Å². The minimum Gasteiger partial charge on any atom is -0.280 e. The van der Waals surface area contributed by atoms with Gasteiger partial charge in [0.15, 0.2) is 0 Å². The second-order valence-electron chi connectivity index (χ2n) is 3.96. The van der Waals surface area contributed by atoms with E-state index in [-0.39, 0.29) is 5.91 Å². The van der Waals surface area contributed by atoms with Crippen LogP contribution >= 0.6 is 11.6 Å². The first-order valence-electron chi connectivity index (χ1n) is 5.78. The molecular weight excluding hydrogens is 246 g/mol. The molecule has 0 saturated heterocycles. The van der Waals surface area contributed by atoms with Gasteiger partial charge in [-0.1, -0.05) is 36.4 Å². The molecule has 1 amide bonds. The Kier molecular flexibility index (Phi) is 4.00. The Bertz CT molecular complexity index is 471. The highest BCUT2D eigenvalue weighted by Gasteiger charge is 2.21. The third-order valence-corrected chi connectivity index (χ3v) is 2.78. The van der Waals surface area contributed by atoms with Crippen LogP contribution in [-0.2, 0) is 4.79 Å². The summed E-state index contributed by atoms with van der Waals surface area (Å²) in [6, 6.07) is 19.0. The first kappa shape index (κ1) is 12.7. The lowest BCUT2D eigenvalue weighted by Crippen LogP contribution is -2.31. The molecule has 0 aromatic heterocycles. The summed E-state index contributed by atoms with van der Waals surface area (Å²) in [5.41, 5.74) is 1.64. The maximum absolute atomic E-state index is 12.2. The van der Waals surface area contributed by atoms with Crippen molar-refractivity contribution in [3.63, 3.8) is 0 Å². The Morgan fingerprint density at radius 3 is 1.67 bits per heavy atom. The van der Waals surface area contributed by atoms with E-state index in [1.807, 2.05) is 60.7 Å². The average molecular weight is 260 g/mol. The van der Waals surface area contributed by atoms with Gasteiger partial charge in [-0.2, -0.15) is 0 Å². The molecule has 0 aliphatic rings. The van der Waals surface area contributed by atoms with E-state index in [4.69, 9.17) is 11.6 Å². The lowest BCUT2D eigenvalue weighted by molar-refractivity contribution is -0.117. The van der Waals surface area contributed by atoms with Gasteiger partial charge in [-0.15, -0.1) is 11.6 Å². The van der Waals surface area contributed by atoms with Crippen molar-refractivity contribution in [3.05, 3.63) is 60.7 Å². The van der Waals surface area contributed by atoms with Crippen molar-refractivity contribution in [3.8, 4) is 0 Å². The van der Waals surface area contributed by atoms with Crippen LogP contribution in [0.5, 0.6) is 0 Å². The third kappa shape index (κ3) is 2.71. The molecule has 2 aromatic rings. The monoisotopic (exact) mass is 259 g/mol. The minimum absolute atomic E-state index is 0.130. The molecule has 2 nitrogen and oxygen atoms in total. The molecular formula is C15H14ClNO. The van der Waals surface area contributed by atoms with E-state index in [2.05, 4.69) is 0 Å². The van der Waals surface area contributed by atoms with E-state index >= 15 is 0 Å². The van der Waals surface area contributed by atoms with Crippen LogP contribution in [0.15, 0.2) is 60.7 Å². The Hall–Kier alpha value is -1.80. The van der Waals surface area contributed by atoms with Gasteiger partial charge in [0.1, 0.15) is 5.38 Å². The predicted molar refractivity (Wildman–Crippen MR) is 75.3 cm³/mol. The lowest BCUT2D eigenvalue weighted by Gasteiger charge is -2.24. The SMILES string of the molecule is CC(Cl)C(=O)N(c1ccccc1)c1ccccc1. The number of rotatable bonds is 3. The Labute approximate surface area is 112 Å². The van der Waals surface area contributed by atoms with E-state index in [1.54, 1.807) is 11.8 Å². The molecule has 2 aromatic carbocycles. The van der Waals surface area contributed by atoms with Gasteiger partial charge < -0.3 is 0 Å². The first-order valence-corrected chi connectivity index (χ1v) is 6.22. The molecule has 3 heteroatoms. The second kappa shape index (κ2) is 5.69. The average Bonchev–Trinajstić information content (AvgIpc) is 2.41. The Balaban J connectivity index is 2.45. The van der Waals surface area contributed by atoms with Crippen molar-refractivity contribution in [2.75, 3.05) is 4.90 Å².